The molecule has 0 amide bonds. The standard InChI is InChI=1S/C30H31ClFN5O2.C8H5ClN2O/c1-33-23-7-8-27-28(16-23)37(17-24-11-14-38-24)29(34-27)18-36-12-9-20(10-13-36)26-3-2-4-30(35-26)39-19-21-5-6-22(31)15-25(21)32;9-8-6-3-5(4-12)1-2-7(6)10-11-8/h2-9,15-16,24,33H,10-14,17-19H2,1H3;1-4H,(H,10,11). The molecule has 0 bridgehead atoms. The summed E-state index contributed by atoms with van der Waals surface area (Å²) in [5, 5.41) is 11.4. The summed E-state index contributed by atoms with van der Waals surface area (Å²) in [4.78, 5) is 22.5. The van der Waals surface area contributed by atoms with Crippen molar-refractivity contribution < 1.29 is 18.7 Å². The van der Waals surface area contributed by atoms with Crippen molar-refractivity contribution in [1.82, 2.24) is 29.6 Å². The van der Waals surface area contributed by atoms with E-state index in [1.807, 2.05) is 19.2 Å². The fourth-order valence-electron chi connectivity index (χ4n) is 6.11. The van der Waals surface area contributed by atoms with Crippen molar-refractivity contribution in [3.05, 3.63) is 118 Å². The number of aromatic amines is 1. The Hall–Kier alpha value is -4.81. The Morgan fingerprint density at radius 3 is 2.69 bits per heavy atom. The fraction of sp³-hybridized carbons (Fsp3) is 0.263. The number of ether oxygens (including phenoxy) is 2. The molecule has 6 aromatic rings. The number of nitrogens with one attached hydrogen (secondary N) is 2. The van der Waals surface area contributed by atoms with Gasteiger partial charge in [-0.05, 0) is 73.0 Å². The van der Waals surface area contributed by atoms with Gasteiger partial charge in [0.25, 0.3) is 0 Å². The van der Waals surface area contributed by atoms with Crippen molar-refractivity contribution >= 4 is 62.7 Å². The zero-order chi connectivity index (χ0) is 35.3. The molecule has 3 aromatic carbocycles. The van der Waals surface area contributed by atoms with E-state index in [0.29, 0.717) is 27.2 Å². The highest BCUT2D eigenvalue weighted by molar-refractivity contribution is 6.34. The molecule has 8 rings (SSSR count). The van der Waals surface area contributed by atoms with Crippen LogP contribution in [0.2, 0.25) is 10.2 Å². The van der Waals surface area contributed by atoms with E-state index in [4.69, 9.17) is 37.7 Å². The number of hydrogen-bond donors (Lipinski definition) is 2. The Labute approximate surface area is 304 Å². The van der Waals surface area contributed by atoms with Crippen LogP contribution in [0.4, 0.5) is 10.1 Å². The molecule has 51 heavy (non-hydrogen) atoms. The summed E-state index contributed by atoms with van der Waals surface area (Å²) >= 11 is 11.6. The maximum atomic E-state index is 14.1. The smallest absolute Gasteiger partial charge is 0.214 e. The Kier molecular flexibility index (Phi) is 10.6. The third-order valence-corrected chi connectivity index (χ3v) is 9.59. The number of aldehydes is 1. The third kappa shape index (κ3) is 8.07. The van der Waals surface area contributed by atoms with E-state index in [1.54, 1.807) is 36.4 Å². The second kappa shape index (κ2) is 15.6. The number of nitrogens with zero attached hydrogens (tertiary/aromatic N) is 5. The summed E-state index contributed by atoms with van der Waals surface area (Å²) in [5.41, 5.74) is 7.11. The first-order valence-corrected chi connectivity index (χ1v) is 17.5. The molecule has 5 heterocycles. The van der Waals surface area contributed by atoms with Crippen molar-refractivity contribution in [2.45, 2.75) is 38.6 Å². The molecule has 13 heteroatoms. The van der Waals surface area contributed by atoms with Crippen molar-refractivity contribution in [2.24, 2.45) is 0 Å². The van der Waals surface area contributed by atoms with Crippen LogP contribution in [0.1, 0.15) is 40.3 Å². The number of pyridine rings is 1. The number of rotatable bonds is 10. The first-order valence-electron chi connectivity index (χ1n) is 16.7. The van der Waals surface area contributed by atoms with Crippen LogP contribution in [0.3, 0.4) is 0 Å². The number of carbonyl (C=O) groups is 1. The van der Waals surface area contributed by atoms with Crippen LogP contribution in [0, 0.1) is 5.82 Å². The molecule has 0 saturated carbocycles. The SMILES string of the molecule is CNc1ccc2nc(CN3CC=C(c4cccc(OCc5ccc(Cl)cc5F)n4)CC3)n(CC3CCO3)c2c1.O=Cc1ccc2n[nH]c(Cl)c2c1. The third-order valence-electron chi connectivity index (χ3n) is 9.06. The summed E-state index contributed by atoms with van der Waals surface area (Å²) in [5.74, 6) is 1.15. The summed E-state index contributed by atoms with van der Waals surface area (Å²) in [6, 6.07) is 21.8. The van der Waals surface area contributed by atoms with Gasteiger partial charge in [-0.15, -0.1) is 0 Å². The predicted molar refractivity (Wildman–Crippen MR) is 198 cm³/mol. The molecule has 0 aliphatic carbocycles. The van der Waals surface area contributed by atoms with Gasteiger partial charge in [-0.2, -0.15) is 5.10 Å². The lowest BCUT2D eigenvalue weighted by Crippen LogP contribution is -2.33. The van der Waals surface area contributed by atoms with E-state index in [0.717, 1.165) is 91.1 Å². The number of H-pyrrole nitrogens is 1. The van der Waals surface area contributed by atoms with Gasteiger partial charge in [0.2, 0.25) is 5.88 Å². The number of aromatic nitrogens is 5. The average Bonchev–Trinajstić information content (AvgIpc) is 3.68. The number of benzene rings is 3. The molecular weight excluding hydrogens is 692 g/mol. The van der Waals surface area contributed by atoms with Gasteiger partial charge < -0.3 is 19.4 Å². The van der Waals surface area contributed by atoms with Gasteiger partial charge in [0.05, 0.1) is 41.4 Å². The average molecular weight is 729 g/mol. The van der Waals surface area contributed by atoms with Crippen molar-refractivity contribution in [3.8, 4) is 5.88 Å². The van der Waals surface area contributed by atoms with E-state index >= 15 is 0 Å². The van der Waals surface area contributed by atoms with Gasteiger partial charge in [-0.1, -0.05) is 41.4 Å². The number of anilines is 1. The largest absolute Gasteiger partial charge is 0.473 e. The summed E-state index contributed by atoms with van der Waals surface area (Å²) in [6.07, 6.45) is 5.23. The van der Waals surface area contributed by atoms with Crippen LogP contribution in [0.15, 0.2) is 78.9 Å². The Morgan fingerprint density at radius 2 is 1.94 bits per heavy atom. The molecule has 3 aromatic heterocycles. The highest BCUT2D eigenvalue weighted by Crippen LogP contribution is 2.28. The Balaban J connectivity index is 0.000000285. The first-order chi connectivity index (χ1) is 24.9. The van der Waals surface area contributed by atoms with Gasteiger partial charge in [0.15, 0.2) is 0 Å². The number of hydrogen-bond acceptors (Lipinski definition) is 8. The molecule has 262 valence electrons. The van der Waals surface area contributed by atoms with Gasteiger partial charge >= 0.3 is 0 Å². The quantitative estimate of drug-likeness (QED) is 0.137. The molecule has 1 fully saturated rings. The topological polar surface area (TPSA) is 110 Å². The van der Waals surface area contributed by atoms with Crippen LogP contribution in [-0.2, 0) is 24.4 Å². The monoisotopic (exact) mass is 727 g/mol. The first kappa shape index (κ1) is 34.6. The molecule has 0 spiro atoms. The summed E-state index contributed by atoms with van der Waals surface area (Å²) < 4.78 is 28.0. The highest BCUT2D eigenvalue weighted by Gasteiger charge is 2.24. The second-order valence-electron chi connectivity index (χ2n) is 12.4. The van der Waals surface area contributed by atoms with Crippen LogP contribution in [0.5, 0.6) is 5.88 Å². The molecular formula is C38H36Cl2FN7O3. The molecule has 1 saturated heterocycles. The van der Waals surface area contributed by atoms with Gasteiger partial charge in [0, 0.05) is 60.0 Å². The van der Waals surface area contributed by atoms with Gasteiger partial charge in [0.1, 0.15) is 29.7 Å². The maximum Gasteiger partial charge on any atom is 0.214 e. The molecule has 1 unspecified atom stereocenters. The van der Waals surface area contributed by atoms with E-state index in [-0.39, 0.29) is 18.5 Å². The molecule has 2 aliphatic heterocycles. The van der Waals surface area contributed by atoms with E-state index in [2.05, 4.69) is 54.2 Å². The number of halogens is 3. The van der Waals surface area contributed by atoms with E-state index < -0.39 is 0 Å². The number of imidazole rings is 1. The maximum absolute atomic E-state index is 14.1. The van der Waals surface area contributed by atoms with Crippen molar-refractivity contribution in [1.29, 1.82) is 0 Å². The molecule has 2 aliphatic rings. The molecule has 1 atom stereocenters. The zero-order valence-corrected chi connectivity index (χ0v) is 29.4. The lowest BCUT2D eigenvalue weighted by Gasteiger charge is -2.29. The minimum atomic E-state index is -0.384. The lowest BCUT2D eigenvalue weighted by atomic mass is 10.0. The second-order valence-corrected chi connectivity index (χ2v) is 13.2. The lowest BCUT2D eigenvalue weighted by molar-refractivity contribution is -0.0591. The van der Waals surface area contributed by atoms with E-state index in [1.165, 1.54) is 11.6 Å². The number of carbonyl (C=O) groups excluding carboxylic acids is 1. The van der Waals surface area contributed by atoms with Crippen molar-refractivity contribution in [2.75, 3.05) is 32.1 Å². The van der Waals surface area contributed by atoms with Gasteiger partial charge in [-0.25, -0.2) is 14.4 Å². The highest BCUT2D eigenvalue weighted by atomic mass is 35.5. The normalized spacial score (nSPS) is 15.9. The van der Waals surface area contributed by atoms with Crippen LogP contribution in [-0.4, -0.2) is 68.8 Å². The van der Waals surface area contributed by atoms with Crippen molar-refractivity contribution in [3.63, 3.8) is 0 Å². The van der Waals surface area contributed by atoms with Crippen LogP contribution >= 0.6 is 23.2 Å². The zero-order valence-electron chi connectivity index (χ0n) is 27.9. The number of fused-ring (bicyclic) bond motifs is 2. The van der Waals surface area contributed by atoms with E-state index in [9.17, 15) is 9.18 Å². The van der Waals surface area contributed by atoms with Crippen LogP contribution in [0.25, 0.3) is 27.5 Å². The van der Waals surface area contributed by atoms with Crippen LogP contribution < -0.4 is 10.1 Å². The minimum Gasteiger partial charge on any atom is -0.473 e. The fourth-order valence-corrected chi connectivity index (χ4v) is 6.46. The Bertz CT molecular complexity index is 2220. The minimum absolute atomic E-state index is 0.0923. The summed E-state index contributed by atoms with van der Waals surface area (Å²) in [7, 11) is 1.94. The van der Waals surface area contributed by atoms with Gasteiger partial charge in [-0.3, -0.25) is 14.8 Å². The predicted octanol–water partition coefficient (Wildman–Crippen LogP) is 7.95. The Morgan fingerprint density at radius 1 is 1.08 bits per heavy atom. The molecule has 0 radical (unpaired) electrons. The molecule has 2 N–H and O–H groups in total. The molecule has 10 nitrogen and oxygen atoms in total. The summed E-state index contributed by atoms with van der Waals surface area (Å²) in [6.45, 7) is 4.23.